The zero-order chi connectivity index (χ0) is 13.0. The Morgan fingerprint density at radius 1 is 1.17 bits per heavy atom. The molecule has 1 saturated carbocycles. The average molecular weight is 254 g/mol. The van der Waals surface area contributed by atoms with Gasteiger partial charge in [-0.1, -0.05) is 32.1 Å². The van der Waals surface area contributed by atoms with E-state index in [0.29, 0.717) is 12.1 Å². The van der Waals surface area contributed by atoms with E-state index in [9.17, 15) is 5.11 Å². The number of hydrogen-bond donors (Lipinski definition) is 2. The first kappa shape index (κ1) is 14.3. The summed E-state index contributed by atoms with van der Waals surface area (Å²) in [5.41, 5.74) is 5.87. The largest absolute Gasteiger partial charge is 0.392 e. The molecule has 0 aromatic rings. The molecule has 1 saturated heterocycles. The van der Waals surface area contributed by atoms with Gasteiger partial charge in [0.2, 0.25) is 0 Å². The van der Waals surface area contributed by atoms with Crippen LogP contribution in [0.15, 0.2) is 0 Å². The van der Waals surface area contributed by atoms with Crippen LogP contribution in [-0.4, -0.2) is 41.3 Å². The van der Waals surface area contributed by atoms with Crippen LogP contribution < -0.4 is 5.73 Å². The molecule has 3 N–H and O–H groups in total. The van der Waals surface area contributed by atoms with Crippen molar-refractivity contribution in [2.24, 2.45) is 11.7 Å². The number of β-amino-alcohol motifs (C(OH)–C–C–N with tert-alkyl or cyclic N) is 1. The van der Waals surface area contributed by atoms with Crippen LogP contribution in [-0.2, 0) is 0 Å². The average Bonchev–Trinajstić information content (AvgIpc) is 2.84. The minimum absolute atomic E-state index is 0.150. The molecule has 2 fully saturated rings. The number of aliphatic hydroxyl groups is 1. The van der Waals surface area contributed by atoms with Gasteiger partial charge < -0.3 is 10.8 Å². The van der Waals surface area contributed by atoms with E-state index in [2.05, 4.69) is 11.8 Å². The molecule has 0 aromatic carbocycles. The first-order valence-corrected chi connectivity index (χ1v) is 7.84. The molecule has 18 heavy (non-hydrogen) atoms. The number of nitrogens with two attached hydrogens (primary N) is 1. The summed E-state index contributed by atoms with van der Waals surface area (Å²) in [7, 11) is 0. The lowest BCUT2D eigenvalue weighted by molar-refractivity contribution is 0.0287. The van der Waals surface area contributed by atoms with Gasteiger partial charge in [-0.05, 0) is 32.1 Å². The molecule has 0 aromatic heterocycles. The molecule has 1 aliphatic heterocycles. The van der Waals surface area contributed by atoms with Crippen LogP contribution in [0.5, 0.6) is 0 Å². The second-order valence-corrected chi connectivity index (χ2v) is 6.41. The number of piperidine rings is 1. The van der Waals surface area contributed by atoms with Gasteiger partial charge in [-0.2, -0.15) is 0 Å². The zero-order valence-electron chi connectivity index (χ0n) is 11.9. The molecule has 3 atom stereocenters. The number of likely N-dealkylation sites (tertiary alicyclic amines) is 1. The van der Waals surface area contributed by atoms with E-state index in [4.69, 9.17) is 5.73 Å². The molecule has 3 heteroatoms. The van der Waals surface area contributed by atoms with Crippen molar-refractivity contribution in [1.82, 2.24) is 4.90 Å². The second-order valence-electron chi connectivity index (χ2n) is 6.41. The van der Waals surface area contributed by atoms with Crippen molar-refractivity contribution in [2.45, 2.75) is 76.5 Å². The first-order valence-electron chi connectivity index (χ1n) is 7.84. The number of nitrogens with zero attached hydrogens (tertiary/aromatic N) is 1. The normalized spacial score (nSPS) is 32.8. The molecule has 0 radical (unpaired) electrons. The van der Waals surface area contributed by atoms with Gasteiger partial charge in [0.25, 0.3) is 0 Å². The summed E-state index contributed by atoms with van der Waals surface area (Å²) >= 11 is 0. The van der Waals surface area contributed by atoms with Gasteiger partial charge in [0.05, 0.1) is 6.10 Å². The third-order valence-electron chi connectivity index (χ3n) is 4.97. The molecule has 2 aliphatic rings. The highest BCUT2D eigenvalue weighted by molar-refractivity contribution is 4.85. The molecule has 2 rings (SSSR count). The Labute approximate surface area is 112 Å². The van der Waals surface area contributed by atoms with Crippen LogP contribution >= 0.6 is 0 Å². The molecule has 1 aliphatic carbocycles. The quantitative estimate of drug-likeness (QED) is 0.790. The highest BCUT2D eigenvalue weighted by Gasteiger charge is 2.29. The Balaban J connectivity index is 1.81. The zero-order valence-corrected chi connectivity index (χ0v) is 11.9. The Morgan fingerprint density at radius 2 is 1.89 bits per heavy atom. The third-order valence-corrected chi connectivity index (χ3v) is 4.97. The van der Waals surface area contributed by atoms with Gasteiger partial charge in [-0.15, -0.1) is 0 Å². The Bertz CT molecular complexity index is 241. The smallest absolute Gasteiger partial charge is 0.0670 e. The van der Waals surface area contributed by atoms with Crippen molar-refractivity contribution in [3.63, 3.8) is 0 Å². The summed E-state index contributed by atoms with van der Waals surface area (Å²) in [5.74, 6) is 0.774. The fourth-order valence-corrected chi connectivity index (χ4v) is 3.87. The van der Waals surface area contributed by atoms with Crippen LogP contribution in [0.4, 0.5) is 0 Å². The predicted molar refractivity (Wildman–Crippen MR) is 75.4 cm³/mol. The van der Waals surface area contributed by atoms with Crippen molar-refractivity contribution in [3.05, 3.63) is 0 Å². The fraction of sp³-hybridized carbons (Fsp3) is 1.00. The van der Waals surface area contributed by atoms with Crippen molar-refractivity contribution in [3.8, 4) is 0 Å². The predicted octanol–water partition coefficient (Wildman–Crippen LogP) is 2.13. The summed E-state index contributed by atoms with van der Waals surface area (Å²) in [6, 6.07) is 1.08. The van der Waals surface area contributed by atoms with E-state index in [1.807, 2.05) is 0 Å². The van der Waals surface area contributed by atoms with E-state index in [-0.39, 0.29) is 6.10 Å². The maximum atomic E-state index is 10.3. The van der Waals surface area contributed by atoms with Crippen molar-refractivity contribution < 1.29 is 5.11 Å². The van der Waals surface area contributed by atoms with Crippen LogP contribution in [0.1, 0.15) is 58.3 Å². The Kier molecular flexibility index (Phi) is 5.46. The van der Waals surface area contributed by atoms with Crippen molar-refractivity contribution >= 4 is 0 Å². The summed E-state index contributed by atoms with van der Waals surface area (Å²) in [6.07, 6.45) is 9.98. The number of hydrogen-bond acceptors (Lipinski definition) is 3. The van der Waals surface area contributed by atoms with Gasteiger partial charge >= 0.3 is 0 Å². The topological polar surface area (TPSA) is 49.5 Å². The van der Waals surface area contributed by atoms with Crippen molar-refractivity contribution in [2.75, 3.05) is 13.1 Å². The molecule has 3 unspecified atom stereocenters. The fourth-order valence-electron chi connectivity index (χ4n) is 3.87. The minimum Gasteiger partial charge on any atom is -0.392 e. The highest BCUT2D eigenvalue weighted by atomic mass is 16.3. The van der Waals surface area contributed by atoms with Crippen molar-refractivity contribution in [1.29, 1.82) is 0 Å². The standard InChI is InChI=1S/C15H30N2O/c1-12-5-4-8-14(10-16)17(12)11-15(18)9-13-6-2-3-7-13/h12-15,18H,2-11,16H2,1H3. The van der Waals surface area contributed by atoms with Crippen LogP contribution in [0.2, 0.25) is 0 Å². The SMILES string of the molecule is CC1CCCC(CN)N1CC(O)CC1CCCC1. The molecule has 106 valence electrons. The summed E-state index contributed by atoms with van der Waals surface area (Å²) in [6.45, 7) is 3.85. The second kappa shape index (κ2) is 6.88. The maximum absolute atomic E-state index is 10.3. The molecule has 0 spiro atoms. The molecule has 3 nitrogen and oxygen atoms in total. The molecular formula is C15H30N2O. The van der Waals surface area contributed by atoms with Crippen LogP contribution in [0.25, 0.3) is 0 Å². The monoisotopic (exact) mass is 254 g/mol. The molecule has 0 amide bonds. The molecule has 1 heterocycles. The third kappa shape index (κ3) is 3.69. The van der Waals surface area contributed by atoms with Gasteiger partial charge in [0.15, 0.2) is 0 Å². The maximum Gasteiger partial charge on any atom is 0.0670 e. The van der Waals surface area contributed by atoms with Gasteiger partial charge in [-0.25, -0.2) is 0 Å². The van der Waals surface area contributed by atoms with Crippen LogP contribution in [0.3, 0.4) is 0 Å². The van der Waals surface area contributed by atoms with E-state index in [1.165, 1.54) is 44.9 Å². The molecular weight excluding hydrogens is 224 g/mol. The summed E-state index contributed by atoms with van der Waals surface area (Å²) in [5, 5.41) is 10.3. The number of aliphatic hydroxyl groups excluding tert-OH is 1. The number of rotatable bonds is 5. The lowest BCUT2D eigenvalue weighted by atomic mass is 9.94. The van der Waals surface area contributed by atoms with Crippen LogP contribution in [0, 0.1) is 5.92 Å². The van der Waals surface area contributed by atoms with Gasteiger partial charge in [0.1, 0.15) is 0 Å². The minimum atomic E-state index is -0.150. The first-order chi connectivity index (χ1) is 8.70. The highest BCUT2D eigenvalue weighted by Crippen LogP contribution is 2.29. The van der Waals surface area contributed by atoms with E-state index < -0.39 is 0 Å². The Morgan fingerprint density at radius 3 is 2.56 bits per heavy atom. The van der Waals surface area contributed by atoms with E-state index >= 15 is 0 Å². The van der Waals surface area contributed by atoms with E-state index in [0.717, 1.165) is 25.4 Å². The van der Waals surface area contributed by atoms with Gasteiger partial charge in [0, 0.05) is 25.2 Å². The van der Waals surface area contributed by atoms with E-state index in [1.54, 1.807) is 0 Å². The summed E-state index contributed by atoms with van der Waals surface area (Å²) < 4.78 is 0. The van der Waals surface area contributed by atoms with Gasteiger partial charge in [-0.3, -0.25) is 4.90 Å². The lowest BCUT2D eigenvalue weighted by Gasteiger charge is -2.41. The Hall–Kier alpha value is -0.120. The summed E-state index contributed by atoms with van der Waals surface area (Å²) in [4.78, 5) is 2.46. The molecule has 0 bridgehead atoms. The lowest BCUT2D eigenvalue weighted by Crippen LogP contribution is -2.51.